The summed E-state index contributed by atoms with van der Waals surface area (Å²) in [5.74, 6) is 1.15. The minimum atomic E-state index is 0.259. The highest BCUT2D eigenvalue weighted by Crippen LogP contribution is 2.25. The molecule has 0 unspecified atom stereocenters. The van der Waals surface area contributed by atoms with Crippen molar-refractivity contribution in [2.24, 2.45) is 0 Å². The van der Waals surface area contributed by atoms with Gasteiger partial charge in [0.1, 0.15) is 5.75 Å². The smallest absolute Gasteiger partial charge is 0.162 e. The predicted molar refractivity (Wildman–Crippen MR) is 84.8 cm³/mol. The molecule has 0 spiro atoms. The van der Waals surface area contributed by atoms with Gasteiger partial charge in [0, 0.05) is 12.0 Å². The Labute approximate surface area is 123 Å². The Hall–Kier alpha value is -1.31. The fraction of sp³-hybridized carbons (Fsp3) is 0.611. The number of aryl methyl sites for hydroxylation is 2. The van der Waals surface area contributed by atoms with E-state index in [1.54, 1.807) is 7.11 Å². The fourth-order valence-corrected chi connectivity index (χ4v) is 2.64. The number of carbonyl (C=O) groups excluding carboxylic acids is 1. The van der Waals surface area contributed by atoms with Crippen LogP contribution in [0, 0.1) is 13.8 Å². The third-order valence-corrected chi connectivity index (χ3v) is 3.74. The van der Waals surface area contributed by atoms with Gasteiger partial charge >= 0.3 is 0 Å². The number of hydrogen-bond donors (Lipinski definition) is 0. The quantitative estimate of drug-likeness (QED) is 0.455. The van der Waals surface area contributed by atoms with Crippen LogP contribution < -0.4 is 4.74 Å². The van der Waals surface area contributed by atoms with E-state index in [9.17, 15) is 4.79 Å². The normalized spacial score (nSPS) is 10.6. The molecule has 0 saturated carbocycles. The Morgan fingerprint density at radius 3 is 2.10 bits per heavy atom. The predicted octanol–water partition coefficient (Wildman–Crippen LogP) is 5.25. The second-order valence-corrected chi connectivity index (χ2v) is 5.58. The molecule has 0 amide bonds. The number of carbonyl (C=O) groups is 1. The zero-order chi connectivity index (χ0) is 15.0. The van der Waals surface area contributed by atoms with Crippen LogP contribution in [0.25, 0.3) is 0 Å². The lowest BCUT2D eigenvalue weighted by molar-refractivity contribution is 0.0979. The first-order chi connectivity index (χ1) is 9.60. The van der Waals surface area contributed by atoms with Gasteiger partial charge in [-0.2, -0.15) is 0 Å². The Balaban J connectivity index is 2.48. The topological polar surface area (TPSA) is 26.3 Å². The number of ether oxygens (including phenoxy) is 1. The molecule has 0 aromatic heterocycles. The fourth-order valence-electron chi connectivity index (χ4n) is 2.64. The molecule has 1 rings (SSSR count). The summed E-state index contributed by atoms with van der Waals surface area (Å²) in [7, 11) is 1.67. The highest BCUT2D eigenvalue weighted by Gasteiger charge is 2.10. The third kappa shape index (κ3) is 4.99. The van der Waals surface area contributed by atoms with Gasteiger partial charge in [-0.3, -0.25) is 4.79 Å². The van der Waals surface area contributed by atoms with Gasteiger partial charge in [0.2, 0.25) is 0 Å². The van der Waals surface area contributed by atoms with Gasteiger partial charge in [-0.1, -0.05) is 39.0 Å². The molecule has 0 bridgehead atoms. The van der Waals surface area contributed by atoms with E-state index in [0.29, 0.717) is 6.42 Å². The molecule has 0 saturated heterocycles. The van der Waals surface area contributed by atoms with Crippen LogP contribution in [-0.2, 0) is 0 Å². The minimum absolute atomic E-state index is 0.259. The SMILES string of the molecule is CCCCCCCCC(=O)c1cc(C)c(OC)c(C)c1. The van der Waals surface area contributed by atoms with Crippen molar-refractivity contribution >= 4 is 5.78 Å². The number of benzene rings is 1. The monoisotopic (exact) mass is 276 g/mol. The van der Waals surface area contributed by atoms with Crippen LogP contribution in [-0.4, -0.2) is 12.9 Å². The highest BCUT2D eigenvalue weighted by molar-refractivity contribution is 5.96. The van der Waals surface area contributed by atoms with E-state index >= 15 is 0 Å². The van der Waals surface area contributed by atoms with E-state index in [1.807, 2.05) is 26.0 Å². The van der Waals surface area contributed by atoms with Crippen LogP contribution in [0.1, 0.15) is 73.4 Å². The number of rotatable bonds is 9. The largest absolute Gasteiger partial charge is 0.496 e. The average Bonchev–Trinajstić information content (AvgIpc) is 2.42. The summed E-state index contributed by atoms with van der Waals surface area (Å²) in [6, 6.07) is 3.90. The summed E-state index contributed by atoms with van der Waals surface area (Å²) in [5.41, 5.74) is 2.91. The summed E-state index contributed by atoms with van der Waals surface area (Å²) in [5, 5.41) is 0. The summed E-state index contributed by atoms with van der Waals surface area (Å²) in [4.78, 5) is 12.2. The van der Waals surface area contributed by atoms with Crippen molar-refractivity contribution in [1.82, 2.24) is 0 Å². The van der Waals surface area contributed by atoms with E-state index in [0.717, 1.165) is 28.9 Å². The summed E-state index contributed by atoms with van der Waals surface area (Å²) >= 11 is 0. The molecule has 0 radical (unpaired) electrons. The molecule has 0 aliphatic rings. The van der Waals surface area contributed by atoms with Crippen molar-refractivity contribution in [3.05, 3.63) is 28.8 Å². The van der Waals surface area contributed by atoms with Crippen LogP contribution in [0.5, 0.6) is 5.75 Å². The Morgan fingerprint density at radius 1 is 1.00 bits per heavy atom. The molecule has 20 heavy (non-hydrogen) atoms. The van der Waals surface area contributed by atoms with E-state index in [2.05, 4.69) is 6.92 Å². The van der Waals surface area contributed by atoms with Crippen LogP contribution in [0.15, 0.2) is 12.1 Å². The highest BCUT2D eigenvalue weighted by atomic mass is 16.5. The molecule has 0 heterocycles. The van der Waals surface area contributed by atoms with Crippen LogP contribution in [0.3, 0.4) is 0 Å². The molecule has 1 aromatic rings. The first-order valence-corrected chi connectivity index (χ1v) is 7.78. The molecule has 0 atom stereocenters. The van der Waals surface area contributed by atoms with E-state index in [1.165, 1.54) is 32.1 Å². The van der Waals surface area contributed by atoms with Crippen molar-refractivity contribution in [1.29, 1.82) is 0 Å². The molecule has 2 heteroatoms. The van der Waals surface area contributed by atoms with Gasteiger partial charge in [0.05, 0.1) is 7.11 Å². The van der Waals surface area contributed by atoms with Crippen molar-refractivity contribution in [2.75, 3.05) is 7.11 Å². The van der Waals surface area contributed by atoms with E-state index in [4.69, 9.17) is 4.74 Å². The van der Waals surface area contributed by atoms with Gasteiger partial charge in [0.15, 0.2) is 5.78 Å². The number of methoxy groups -OCH3 is 1. The molecule has 1 aromatic carbocycles. The van der Waals surface area contributed by atoms with Crippen LogP contribution in [0.4, 0.5) is 0 Å². The maximum absolute atomic E-state index is 12.2. The van der Waals surface area contributed by atoms with E-state index in [-0.39, 0.29) is 5.78 Å². The molecule has 0 aliphatic carbocycles. The van der Waals surface area contributed by atoms with Gasteiger partial charge in [-0.05, 0) is 43.5 Å². The Bertz CT molecular complexity index is 412. The van der Waals surface area contributed by atoms with Crippen molar-refractivity contribution < 1.29 is 9.53 Å². The summed E-state index contributed by atoms with van der Waals surface area (Å²) in [6.45, 7) is 6.21. The van der Waals surface area contributed by atoms with Crippen molar-refractivity contribution in [3.8, 4) is 5.75 Å². The lowest BCUT2D eigenvalue weighted by atomic mass is 9.99. The minimum Gasteiger partial charge on any atom is -0.496 e. The number of hydrogen-bond acceptors (Lipinski definition) is 2. The van der Waals surface area contributed by atoms with Gasteiger partial charge in [-0.15, -0.1) is 0 Å². The lowest BCUT2D eigenvalue weighted by Crippen LogP contribution is -2.02. The average molecular weight is 276 g/mol. The summed E-state index contributed by atoms with van der Waals surface area (Å²) < 4.78 is 5.34. The maximum Gasteiger partial charge on any atom is 0.162 e. The number of Topliss-reactive ketones (excluding diaryl/α,β-unsaturated/α-hetero) is 1. The second kappa shape index (κ2) is 8.78. The number of ketones is 1. The summed E-state index contributed by atoms with van der Waals surface area (Å²) in [6.07, 6.45) is 7.96. The maximum atomic E-state index is 12.2. The molecule has 112 valence electrons. The zero-order valence-corrected chi connectivity index (χ0v) is 13.4. The molecule has 2 nitrogen and oxygen atoms in total. The second-order valence-electron chi connectivity index (χ2n) is 5.58. The standard InChI is InChI=1S/C18H28O2/c1-5-6-7-8-9-10-11-17(19)16-12-14(2)18(20-4)15(3)13-16/h12-13H,5-11H2,1-4H3. The molecule has 0 fully saturated rings. The first kappa shape index (κ1) is 16.7. The zero-order valence-electron chi connectivity index (χ0n) is 13.4. The van der Waals surface area contributed by atoms with Crippen LogP contribution >= 0.6 is 0 Å². The van der Waals surface area contributed by atoms with Crippen molar-refractivity contribution in [2.45, 2.75) is 65.7 Å². The Morgan fingerprint density at radius 2 is 1.55 bits per heavy atom. The molecular formula is C18H28O2. The molecule has 0 aliphatic heterocycles. The Kier molecular flexibility index (Phi) is 7.35. The third-order valence-electron chi connectivity index (χ3n) is 3.74. The number of unbranched alkanes of at least 4 members (excludes halogenated alkanes) is 5. The van der Waals surface area contributed by atoms with Crippen LogP contribution in [0.2, 0.25) is 0 Å². The van der Waals surface area contributed by atoms with Gasteiger partial charge < -0.3 is 4.74 Å². The van der Waals surface area contributed by atoms with Crippen molar-refractivity contribution in [3.63, 3.8) is 0 Å². The molecule has 0 N–H and O–H groups in total. The first-order valence-electron chi connectivity index (χ1n) is 7.78. The van der Waals surface area contributed by atoms with E-state index < -0.39 is 0 Å². The molecular weight excluding hydrogens is 248 g/mol. The lowest BCUT2D eigenvalue weighted by Gasteiger charge is -2.10. The van der Waals surface area contributed by atoms with Gasteiger partial charge in [0.25, 0.3) is 0 Å². The van der Waals surface area contributed by atoms with Gasteiger partial charge in [-0.25, -0.2) is 0 Å².